The molecule has 0 unspecified atom stereocenters. The molecule has 0 radical (unpaired) electrons. The van der Waals surface area contributed by atoms with E-state index in [0.717, 1.165) is 72.3 Å². The van der Waals surface area contributed by atoms with Crippen molar-refractivity contribution in [1.82, 2.24) is 15.0 Å². The average molecular weight is 827 g/mol. The SMILES string of the molecule is C.[Ir+3].[c-]1cc(-c2ccccn2)ccc1CCc1cc(CCc2c[c-]c(-c3ccccn3)cc2)cc(CCc2c[c-]c(-c3ccccn3)cc2)c1. The summed E-state index contributed by atoms with van der Waals surface area (Å²) in [5, 5.41) is 0. The van der Waals surface area contributed by atoms with Crippen LogP contribution in [-0.4, -0.2) is 15.0 Å². The summed E-state index contributed by atoms with van der Waals surface area (Å²) in [4.78, 5) is 13.4. The van der Waals surface area contributed by atoms with Crippen LogP contribution in [0.2, 0.25) is 0 Å². The van der Waals surface area contributed by atoms with E-state index in [1.165, 1.54) is 33.4 Å². The minimum Gasteiger partial charge on any atom is -0.305 e. The van der Waals surface area contributed by atoms with E-state index >= 15 is 0 Å². The number of hydrogen-bond donors (Lipinski definition) is 0. The molecular weight excluding hydrogens is 787 g/mol. The standard InChI is InChI=1S/C45H36N3.CH4.Ir/c1-4-28-46-43(7-1)40-22-16-34(17-23-40)10-13-37-31-38(14-11-35-18-24-41(25-19-35)44-8-2-5-29-47-44)33-39(32-37)15-12-36-20-26-42(27-21-36)45-9-3-6-30-48-45;;/h1-9,16-20,22,24,26-33H,10-15H2;1H4;/q-3;;+3. The number of pyridine rings is 3. The van der Waals surface area contributed by atoms with Gasteiger partial charge in [0, 0.05) is 24.3 Å². The monoisotopic (exact) mass is 827 g/mol. The Bertz CT molecular complexity index is 1770. The Labute approximate surface area is 310 Å². The molecule has 0 aliphatic heterocycles. The third kappa shape index (κ3) is 9.79. The molecular formula is C46H40IrN3. The van der Waals surface area contributed by atoms with Gasteiger partial charge in [-0.3, -0.25) is 4.98 Å². The molecule has 0 aliphatic carbocycles. The molecule has 7 rings (SSSR count). The summed E-state index contributed by atoms with van der Waals surface area (Å²) in [5.74, 6) is 0. The first-order valence-electron chi connectivity index (χ1n) is 16.6. The van der Waals surface area contributed by atoms with Crippen LogP contribution in [0.3, 0.4) is 0 Å². The van der Waals surface area contributed by atoms with E-state index in [4.69, 9.17) is 0 Å². The van der Waals surface area contributed by atoms with Crippen LogP contribution in [0.4, 0.5) is 0 Å². The molecule has 0 fully saturated rings. The van der Waals surface area contributed by atoms with Crippen LogP contribution >= 0.6 is 0 Å². The first-order chi connectivity index (χ1) is 23.7. The summed E-state index contributed by atoms with van der Waals surface area (Å²) in [6.07, 6.45) is 11.3. The second kappa shape index (κ2) is 18.1. The summed E-state index contributed by atoms with van der Waals surface area (Å²) < 4.78 is 0. The van der Waals surface area contributed by atoms with Gasteiger partial charge in [-0.25, -0.2) is 0 Å². The van der Waals surface area contributed by atoms with Gasteiger partial charge in [0.1, 0.15) is 0 Å². The van der Waals surface area contributed by atoms with Gasteiger partial charge in [0.15, 0.2) is 0 Å². The van der Waals surface area contributed by atoms with Crippen molar-refractivity contribution in [3.63, 3.8) is 0 Å². The minimum absolute atomic E-state index is 0. The predicted octanol–water partition coefficient (Wildman–Crippen LogP) is 10.3. The molecule has 0 atom stereocenters. The summed E-state index contributed by atoms with van der Waals surface area (Å²) in [6.45, 7) is 0. The van der Waals surface area contributed by atoms with Gasteiger partial charge in [-0.1, -0.05) is 68.8 Å². The molecule has 3 nitrogen and oxygen atoms in total. The molecule has 7 aromatic rings. The Kier molecular flexibility index (Phi) is 13.1. The summed E-state index contributed by atoms with van der Waals surface area (Å²) in [5.41, 5.74) is 13.9. The van der Waals surface area contributed by atoms with Crippen LogP contribution in [0.25, 0.3) is 33.8 Å². The second-order valence-electron chi connectivity index (χ2n) is 12.1. The predicted molar refractivity (Wildman–Crippen MR) is 201 cm³/mol. The molecule has 4 heteroatoms. The average Bonchev–Trinajstić information content (AvgIpc) is 3.17. The maximum atomic E-state index is 4.48. The Morgan fingerprint density at radius 3 is 1.26 bits per heavy atom. The Balaban J connectivity index is 0.00000243. The van der Waals surface area contributed by atoms with Crippen molar-refractivity contribution >= 4 is 0 Å². The molecule has 3 aromatic heterocycles. The Morgan fingerprint density at radius 2 is 0.860 bits per heavy atom. The van der Waals surface area contributed by atoms with Crippen LogP contribution in [0.1, 0.15) is 40.8 Å². The van der Waals surface area contributed by atoms with Crippen molar-refractivity contribution in [2.45, 2.75) is 46.0 Å². The fraction of sp³-hybridized carbons (Fsp3) is 0.152. The van der Waals surface area contributed by atoms with E-state index in [2.05, 4.69) is 106 Å². The quantitative estimate of drug-likeness (QED) is 0.115. The molecule has 4 aromatic carbocycles. The Hall–Kier alpha value is -5.02. The van der Waals surface area contributed by atoms with Crippen LogP contribution in [0.5, 0.6) is 0 Å². The van der Waals surface area contributed by atoms with Crippen LogP contribution in [-0.2, 0) is 58.6 Å². The number of benzene rings is 4. The topological polar surface area (TPSA) is 38.7 Å². The second-order valence-corrected chi connectivity index (χ2v) is 12.1. The van der Waals surface area contributed by atoms with E-state index in [-0.39, 0.29) is 27.5 Å². The van der Waals surface area contributed by atoms with Gasteiger partial charge < -0.3 is 9.97 Å². The van der Waals surface area contributed by atoms with Gasteiger partial charge in [-0.05, 0) is 78.0 Å². The molecule has 0 saturated carbocycles. The van der Waals surface area contributed by atoms with E-state index in [1.807, 2.05) is 73.2 Å². The smallest absolute Gasteiger partial charge is 0.305 e. The summed E-state index contributed by atoms with van der Waals surface area (Å²) in [7, 11) is 0. The van der Waals surface area contributed by atoms with Crippen molar-refractivity contribution in [3.8, 4) is 33.8 Å². The van der Waals surface area contributed by atoms with Gasteiger partial charge in [-0.2, -0.15) is 29.8 Å². The first kappa shape index (κ1) is 36.3. The van der Waals surface area contributed by atoms with Crippen LogP contribution in [0, 0.1) is 18.2 Å². The number of hydrogen-bond acceptors (Lipinski definition) is 3. The fourth-order valence-corrected chi connectivity index (χ4v) is 6.02. The molecule has 248 valence electrons. The largest absolute Gasteiger partial charge is 3.00 e. The number of aryl methyl sites for hydroxylation is 6. The van der Waals surface area contributed by atoms with E-state index < -0.39 is 0 Å². The van der Waals surface area contributed by atoms with E-state index in [0.29, 0.717) is 0 Å². The van der Waals surface area contributed by atoms with Gasteiger partial charge in [0.25, 0.3) is 0 Å². The van der Waals surface area contributed by atoms with E-state index in [1.54, 1.807) is 0 Å². The summed E-state index contributed by atoms with van der Waals surface area (Å²) in [6, 6.07) is 54.8. The van der Waals surface area contributed by atoms with Crippen LogP contribution in [0.15, 0.2) is 146 Å². The van der Waals surface area contributed by atoms with E-state index in [9.17, 15) is 0 Å². The maximum absolute atomic E-state index is 4.48. The number of nitrogens with zero attached hydrogens (tertiary/aromatic N) is 3. The molecule has 50 heavy (non-hydrogen) atoms. The van der Waals surface area contributed by atoms with Crippen LogP contribution < -0.4 is 0 Å². The molecule has 0 amide bonds. The number of rotatable bonds is 12. The van der Waals surface area contributed by atoms with Gasteiger partial charge in [0.05, 0.1) is 0 Å². The molecule has 0 spiro atoms. The van der Waals surface area contributed by atoms with Crippen molar-refractivity contribution in [1.29, 1.82) is 0 Å². The maximum Gasteiger partial charge on any atom is 3.00 e. The van der Waals surface area contributed by atoms with Crippen molar-refractivity contribution in [2.24, 2.45) is 0 Å². The zero-order valence-corrected chi connectivity index (χ0v) is 29.7. The molecule has 0 bridgehead atoms. The molecule has 3 heterocycles. The van der Waals surface area contributed by atoms with Gasteiger partial charge in [0.2, 0.25) is 0 Å². The van der Waals surface area contributed by atoms with Gasteiger partial charge >= 0.3 is 20.1 Å². The van der Waals surface area contributed by atoms with Crippen molar-refractivity contribution in [3.05, 3.63) is 198 Å². The van der Waals surface area contributed by atoms with Crippen molar-refractivity contribution < 1.29 is 20.1 Å². The minimum atomic E-state index is 0. The molecule has 0 N–H and O–H groups in total. The third-order valence-electron chi connectivity index (χ3n) is 8.67. The third-order valence-corrected chi connectivity index (χ3v) is 8.67. The zero-order chi connectivity index (χ0) is 32.4. The zero-order valence-electron chi connectivity index (χ0n) is 27.3. The summed E-state index contributed by atoms with van der Waals surface area (Å²) >= 11 is 0. The Morgan fingerprint density at radius 1 is 0.400 bits per heavy atom. The fourth-order valence-electron chi connectivity index (χ4n) is 6.02. The first-order valence-corrected chi connectivity index (χ1v) is 16.6. The normalized spacial score (nSPS) is 10.6. The van der Waals surface area contributed by atoms with Crippen molar-refractivity contribution in [2.75, 3.05) is 0 Å². The molecule has 0 aliphatic rings. The number of aromatic nitrogens is 3. The van der Waals surface area contributed by atoms with Gasteiger partial charge in [-0.15, -0.1) is 76.3 Å². The molecule has 0 saturated heterocycles.